The third-order valence-corrected chi connectivity index (χ3v) is 5.19. The molecule has 0 radical (unpaired) electrons. The first-order valence-electron chi connectivity index (χ1n) is 6.32. The zero-order valence-electron chi connectivity index (χ0n) is 11.2. The van der Waals surface area contributed by atoms with Crippen LogP contribution in [-0.2, 0) is 0 Å². The van der Waals surface area contributed by atoms with E-state index in [2.05, 4.69) is 5.32 Å². The van der Waals surface area contributed by atoms with Crippen molar-refractivity contribution in [1.82, 2.24) is 10.2 Å². The Kier molecular flexibility index (Phi) is 6.60. The maximum atomic E-state index is 12.4. The summed E-state index contributed by atoms with van der Waals surface area (Å²) in [7, 11) is 1.89. The van der Waals surface area contributed by atoms with Crippen molar-refractivity contribution in [2.75, 3.05) is 20.1 Å². The molecule has 108 valence electrons. The van der Waals surface area contributed by atoms with Crippen LogP contribution in [0, 0.1) is 6.92 Å². The predicted molar refractivity (Wildman–Crippen MR) is 83.9 cm³/mol. The molecule has 2 heterocycles. The Morgan fingerprint density at radius 3 is 2.84 bits per heavy atom. The maximum absolute atomic E-state index is 12.4. The molecule has 0 bridgehead atoms. The van der Waals surface area contributed by atoms with E-state index in [4.69, 9.17) is 11.6 Å². The Labute approximate surface area is 129 Å². The minimum Gasteiger partial charge on any atom is -0.338 e. The van der Waals surface area contributed by atoms with Crippen molar-refractivity contribution in [3.63, 3.8) is 0 Å². The van der Waals surface area contributed by atoms with Crippen molar-refractivity contribution in [2.45, 2.75) is 32.2 Å². The van der Waals surface area contributed by atoms with Crippen LogP contribution in [0.25, 0.3) is 0 Å². The Bertz CT molecular complexity index is 428. The second kappa shape index (κ2) is 7.48. The van der Waals surface area contributed by atoms with Gasteiger partial charge in [-0.3, -0.25) is 4.79 Å². The number of amides is 1. The van der Waals surface area contributed by atoms with E-state index in [0.29, 0.717) is 15.9 Å². The maximum Gasteiger partial charge on any atom is 0.265 e. The molecule has 6 heteroatoms. The Balaban J connectivity index is 0.00000180. The summed E-state index contributed by atoms with van der Waals surface area (Å²) in [5, 5.41) is 5.92. The van der Waals surface area contributed by atoms with Gasteiger partial charge in [-0.25, -0.2) is 0 Å². The summed E-state index contributed by atoms with van der Waals surface area (Å²) in [6.45, 7) is 3.97. The van der Waals surface area contributed by atoms with Gasteiger partial charge in [-0.15, -0.1) is 23.7 Å². The van der Waals surface area contributed by atoms with Crippen LogP contribution in [0.5, 0.6) is 0 Å². The summed E-state index contributed by atoms with van der Waals surface area (Å²) >= 11 is 7.61. The van der Waals surface area contributed by atoms with Gasteiger partial charge < -0.3 is 10.2 Å². The van der Waals surface area contributed by atoms with Crippen LogP contribution in [0.4, 0.5) is 0 Å². The van der Waals surface area contributed by atoms with E-state index in [1.165, 1.54) is 11.3 Å². The number of hydrogen-bond acceptors (Lipinski definition) is 3. The van der Waals surface area contributed by atoms with Crippen LogP contribution in [0.1, 0.15) is 34.5 Å². The summed E-state index contributed by atoms with van der Waals surface area (Å²) in [5.74, 6) is 0.0602. The molecular weight excluding hydrogens is 303 g/mol. The van der Waals surface area contributed by atoms with Gasteiger partial charge in [0.1, 0.15) is 4.88 Å². The SMILES string of the molecule is Cc1csc(C(=O)N(C)C2CCCNCC2)c1Cl.Cl. The molecule has 1 amide bonds. The van der Waals surface area contributed by atoms with Gasteiger partial charge in [0.25, 0.3) is 5.91 Å². The molecule has 1 aliphatic heterocycles. The highest BCUT2D eigenvalue weighted by Gasteiger charge is 2.25. The minimum absolute atomic E-state index is 0. The molecule has 0 aliphatic carbocycles. The number of carbonyl (C=O) groups excluding carboxylic acids is 1. The standard InChI is InChI=1S/C13H19ClN2OS.ClH/c1-9-8-18-12(11(9)14)13(17)16(2)10-4-3-6-15-7-5-10;/h8,10,15H,3-7H2,1-2H3;1H. The first kappa shape index (κ1) is 16.8. The zero-order valence-corrected chi connectivity index (χ0v) is 13.6. The molecule has 0 saturated carbocycles. The van der Waals surface area contributed by atoms with E-state index in [1.54, 1.807) is 0 Å². The fourth-order valence-corrected chi connectivity index (χ4v) is 3.54. The van der Waals surface area contributed by atoms with Crippen LogP contribution in [-0.4, -0.2) is 37.0 Å². The first-order chi connectivity index (χ1) is 8.61. The highest BCUT2D eigenvalue weighted by Crippen LogP contribution is 2.29. The van der Waals surface area contributed by atoms with Gasteiger partial charge in [0.05, 0.1) is 5.02 Å². The summed E-state index contributed by atoms with van der Waals surface area (Å²) in [5.41, 5.74) is 0.987. The lowest BCUT2D eigenvalue weighted by molar-refractivity contribution is 0.0725. The molecule has 1 aromatic heterocycles. The lowest BCUT2D eigenvalue weighted by atomic mass is 10.1. The molecule has 1 atom stereocenters. The number of aryl methyl sites for hydroxylation is 1. The average Bonchev–Trinajstić information content (AvgIpc) is 2.62. The topological polar surface area (TPSA) is 32.3 Å². The van der Waals surface area contributed by atoms with Crippen molar-refractivity contribution in [3.05, 3.63) is 20.8 Å². The van der Waals surface area contributed by atoms with Crippen molar-refractivity contribution in [3.8, 4) is 0 Å². The predicted octanol–water partition coefficient (Wildman–Crippen LogP) is 3.35. The Morgan fingerprint density at radius 1 is 1.47 bits per heavy atom. The largest absolute Gasteiger partial charge is 0.338 e. The summed E-state index contributed by atoms with van der Waals surface area (Å²) in [6.07, 6.45) is 3.21. The van der Waals surface area contributed by atoms with Gasteiger partial charge in [0.2, 0.25) is 0 Å². The first-order valence-corrected chi connectivity index (χ1v) is 7.58. The molecule has 1 aromatic rings. The van der Waals surface area contributed by atoms with Gasteiger partial charge in [-0.1, -0.05) is 11.6 Å². The van der Waals surface area contributed by atoms with E-state index >= 15 is 0 Å². The van der Waals surface area contributed by atoms with Crippen molar-refractivity contribution in [1.29, 1.82) is 0 Å². The summed E-state index contributed by atoms with van der Waals surface area (Å²) < 4.78 is 0. The molecule has 1 N–H and O–H groups in total. The van der Waals surface area contributed by atoms with E-state index in [1.807, 2.05) is 24.3 Å². The normalized spacial score (nSPS) is 19.4. The second-order valence-electron chi connectivity index (χ2n) is 4.81. The van der Waals surface area contributed by atoms with Crippen LogP contribution in [0.15, 0.2) is 5.38 Å². The number of halogens is 2. The number of nitrogens with one attached hydrogen (secondary N) is 1. The molecule has 0 aromatic carbocycles. The van der Waals surface area contributed by atoms with Crippen molar-refractivity contribution in [2.24, 2.45) is 0 Å². The van der Waals surface area contributed by atoms with Gasteiger partial charge in [0.15, 0.2) is 0 Å². The third kappa shape index (κ3) is 3.85. The fourth-order valence-electron chi connectivity index (χ4n) is 2.29. The zero-order chi connectivity index (χ0) is 13.1. The van der Waals surface area contributed by atoms with Crippen LogP contribution in [0.2, 0.25) is 5.02 Å². The molecule has 3 nitrogen and oxygen atoms in total. The van der Waals surface area contributed by atoms with Crippen LogP contribution in [0.3, 0.4) is 0 Å². The minimum atomic E-state index is 0. The van der Waals surface area contributed by atoms with Crippen molar-refractivity contribution >= 4 is 41.3 Å². The Morgan fingerprint density at radius 2 is 2.21 bits per heavy atom. The fraction of sp³-hybridized carbons (Fsp3) is 0.615. The molecule has 1 fully saturated rings. The number of rotatable bonds is 2. The lowest BCUT2D eigenvalue weighted by Gasteiger charge is -2.26. The summed E-state index contributed by atoms with van der Waals surface area (Å²) in [6, 6.07) is 0.325. The highest BCUT2D eigenvalue weighted by atomic mass is 35.5. The quantitative estimate of drug-likeness (QED) is 0.905. The second-order valence-corrected chi connectivity index (χ2v) is 6.07. The molecule has 19 heavy (non-hydrogen) atoms. The van der Waals surface area contributed by atoms with Crippen molar-refractivity contribution < 1.29 is 4.79 Å². The molecule has 2 rings (SSSR count). The number of nitrogens with zero attached hydrogens (tertiary/aromatic N) is 1. The summed E-state index contributed by atoms with van der Waals surface area (Å²) in [4.78, 5) is 15.0. The number of thiophene rings is 1. The van der Waals surface area contributed by atoms with Gasteiger partial charge >= 0.3 is 0 Å². The Hall–Kier alpha value is -0.290. The van der Waals surface area contributed by atoms with Gasteiger partial charge in [-0.2, -0.15) is 0 Å². The van der Waals surface area contributed by atoms with E-state index < -0.39 is 0 Å². The molecule has 1 aliphatic rings. The van der Waals surface area contributed by atoms with E-state index in [9.17, 15) is 4.79 Å². The molecular formula is C13H20Cl2N2OS. The van der Waals surface area contributed by atoms with Gasteiger partial charge in [-0.05, 0) is 50.2 Å². The molecule has 1 unspecified atom stereocenters. The number of hydrogen-bond donors (Lipinski definition) is 1. The molecule has 0 spiro atoms. The van der Waals surface area contributed by atoms with Crippen LogP contribution < -0.4 is 5.32 Å². The lowest BCUT2D eigenvalue weighted by Crippen LogP contribution is -2.37. The van der Waals surface area contributed by atoms with Crippen LogP contribution >= 0.6 is 35.3 Å². The molecule has 1 saturated heterocycles. The monoisotopic (exact) mass is 322 g/mol. The third-order valence-electron chi connectivity index (χ3n) is 3.51. The average molecular weight is 323 g/mol. The van der Waals surface area contributed by atoms with E-state index in [0.717, 1.165) is 37.9 Å². The number of carbonyl (C=O) groups is 1. The highest BCUT2D eigenvalue weighted by molar-refractivity contribution is 7.13. The van der Waals surface area contributed by atoms with Gasteiger partial charge in [0, 0.05) is 13.1 Å². The smallest absolute Gasteiger partial charge is 0.265 e. The van der Waals surface area contributed by atoms with E-state index in [-0.39, 0.29) is 18.3 Å².